The van der Waals surface area contributed by atoms with E-state index in [1.165, 1.54) is 18.9 Å². The molecule has 0 amide bonds. The number of hydrogen-bond donors (Lipinski definition) is 2. The van der Waals surface area contributed by atoms with Gasteiger partial charge in [-0.15, -0.1) is 0 Å². The Morgan fingerprint density at radius 2 is 1.83 bits per heavy atom. The largest absolute Gasteiger partial charge is 0.478 e. The summed E-state index contributed by atoms with van der Waals surface area (Å²) in [5.41, 5.74) is 0.0185. The number of nitrogens with one attached hydrogen (secondary N) is 1. The molecule has 0 spiro atoms. The third-order valence-corrected chi connectivity index (χ3v) is 1.21. The van der Waals surface area contributed by atoms with Gasteiger partial charge in [0.25, 0.3) is 0 Å². The SMILES string of the molecule is C/C=C(\C=N)C(=O)O.CCCC. The molecule has 0 saturated heterocycles. The molecule has 0 aliphatic carbocycles. The number of carboxylic acid groups (broad SMARTS) is 1. The number of allylic oxidation sites excluding steroid dienone is 1. The maximum Gasteiger partial charge on any atom is 0.336 e. The zero-order chi connectivity index (χ0) is 9.98. The highest BCUT2D eigenvalue weighted by Gasteiger charge is 1.98. The summed E-state index contributed by atoms with van der Waals surface area (Å²) in [6.07, 6.45) is 4.82. The van der Waals surface area contributed by atoms with E-state index in [0.29, 0.717) is 0 Å². The molecule has 0 aromatic heterocycles. The van der Waals surface area contributed by atoms with Crippen LogP contribution in [0.15, 0.2) is 11.6 Å². The Balaban J connectivity index is 0. The van der Waals surface area contributed by atoms with Gasteiger partial charge in [0.15, 0.2) is 0 Å². The molecule has 0 aliphatic heterocycles. The molecule has 2 N–H and O–H groups in total. The Morgan fingerprint density at radius 1 is 1.42 bits per heavy atom. The minimum Gasteiger partial charge on any atom is -0.478 e. The molecule has 70 valence electrons. The first-order valence-corrected chi connectivity index (χ1v) is 4.04. The van der Waals surface area contributed by atoms with Crippen molar-refractivity contribution < 1.29 is 9.90 Å². The van der Waals surface area contributed by atoms with Crippen LogP contribution in [0, 0.1) is 5.41 Å². The minimum atomic E-state index is -1.05. The molecule has 0 atom stereocenters. The summed E-state index contributed by atoms with van der Waals surface area (Å²) in [6.45, 7) is 5.94. The van der Waals surface area contributed by atoms with Crippen molar-refractivity contribution >= 4 is 12.2 Å². The third-order valence-electron chi connectivity index (χ3n) is 1.21. The maximum atomic E-state index is 9.94. The number of aliphatic carboxylic acids is 1. The van der Waals surface area contributed by atoms with Crippen molar-refractivity contribution in [1.29, 1.82) is 5.41 Å². The van der Waals surface area contributed by atoms with E-state index in [0.717, 1.165) is 6.21 Å². The summed E-state index contributed by atoms with van der Waals surface area (Å²) in [4.78, 5) is 9.94. The number of rotatable bonds is 3. The predicted molar refractivity (Wildman–Crippen MR) is 50.8 cm³/mol. The molecule has 0 unspecified atom stereocenters. The first kappa shape index (κ1) is 13.5. The molecular formula is C9H17NO2. The van der Waals surface area contributed by atoms with Gasteiger partial charge >= 0.3 is 5.97 Å². The van der Waals surface area contributed by atoms with Gasteiger partial charge in [-0.3, -0.25) is 0 Å². The highest BCUT2D eigenvalue weighted by Crippen LogP contribution is 1.86. The lowest BCUT2D eigenvalue weighted by Gasteiger charge is -1.85. The molecule has 0 aromatic carbocycles. The minimum absolute atomic E-state index is 0.0185. The van der Waals surface area contributed by atoms with Crippen molar-refractivity contribution in [2.75, 3.05) is 0 Å². The van der Waals surface area contributed by atoms with Crippen LogP contribution in [0.3, 0.4) is 0 Å². The summed E-state index contributed by atoms with van der Waals surface area (Å²) in [5.74, 6) is -1.05. The Morgan fingerprint density at radius 3 is 1.83 bits per heavy atom. The molecule has 0 saturated carbocycles. The topological polar surface area (TPSA) is 61.2 Å². The van der Waals surface area contributed by atoms with Gasteiger partial charge in [0.1, 0.15) is 0 Å². The summed E-state index contributed by atoms with van der Waals surface area (Å²) in [7, 11) is 0. The molecule has 0 bridgehead atoms. The highest BCUT2D eigenvalue weighted by molar-refractivity contribution is 6.07. The second-order valence-corrected chi connectivity index (χ2v) is 2.19. The average Bonchev–Trinajstić information content (AvgIpc) is 2.07. The van der Waals surface area contributed by atoms with Crippen molar-refractivity contribution in [2.24, 2.45) is 0 Å². The monoisotopic (exact) mass is 171 g/mol. The summed E-state index contributed by atoms with van der Waals surface area (Å²) < 4.78 is 0. The number of unbranched alkanes of at least 4 members (excludes halogenated alkanes) is 1. The molecule has 0 heterocycles. The highest BCUT2D eigenvalue weighted by atomic mass is 16.4. The Hall–Kier alpha value is -1.12. The Kier molecular flexibility index (Phi) is 11.1. The first-order valence-electron chi connectivity index (χ1n) is 4.04. The number of hydrogen-bond acceptors (Lipinski definition) is 2. The van der Waals surface area contributed by atoms with Crippen molar-refractivity contribution in [3.05, 3.63) is 11.6 Å². The van der Waals surface area contributed by atoms with Gasteiger partial charge in [0, 0.05) is 6.21 Å². The van der Waals surface area contributed by atoms with Crippen molar-refractivity contribution in [2.45, 2.75) is 33.6 Å². The van der Waals surface area contributed by atoms with Crippen LogP contribution < -0.4 is 0 Å². The van der Waals surface area contributed by atoms with Crippen molar-refractivity contribution in [1.82, 2.24) is 0 Å². The fourth-order valence-corrected chi connectivity index (χ4v) is 0.269. The average molecular weight is 171 g/mol. The summed E-state index contributed by atoms with van der Waals surface area (Å²) in [5, 5.41) is 14.7. The summed E-state index contributed by atoms with van der Waals surface area (Å²) >= 11 is 0. The van der Waals surface area contributed by atoms with E-state index < -0.39 is 5.97 Å². The van der Waals surface area contributed by atoms with Crippen LogP contribution in [0.2, 0.25) is 0 Å². The molecule has 3 heteroatoms. The van der Waals surface area contributed by atoms with Gasteiger partial charge in [-0.05, 0) is 6.92 Å². The molecule has 0 aliphatic rings. The lowest BCUT2D eigenvalue weighted by molar-refractivity contribution is -0.132. The lowest BCUT2D eigenvalue weighted by atomic mass is 10.3. The van der Waals surface area contributed by atoms with Crippen molar-refractivity contribution in [3.63, 3.8) is 0 Å². The number of carboxylic acids is 1. The van der Waals surface area contributed by atoms with Gasteiger partial charge in [0.2, 0.25) is 0 Å². The van der Waals surface area contributed by atoms with Gasteiger partial charge in [-0.2, -0.15) is 0 Å². The molecule has 3 nitrogen and oxygen atoms in total. The van der Waals surface area contributed by atoms with Gasteiger partial charge < -0.3 is 10.5 Å². The zero-order valence-electron chi connectivity index (χ0n) is 7.92. The van der Waals surface area contributed by atoms with E-state index in [1.807, 2.05) is 0 Å². The Labute approximate surface area is 73.6 Å². The van der Waals surface area contributed by atoms with E-state index in [1.54, 1.807) is 6.92 Å². The molecule has 0 aromatic rings. The third kappa shape index (κ3) is 8.88. The van der Waals surface area contributed by atoms with Crippen molar-refractivity contribution in [3.8, 4) is 0 Å². The molecular weight excluding hydrogens is 154 g/mol. The smallest absolute Gasteiger partial charge is 0.336 e. The van der Waals surface area contributed by atoms with Crippen LogP contribution in [0.4, 0.5) is 0 Å². The van der Waals surface area contributed by atoms with Crippen LogP contribution in [0.1, 0.15) is 33.6 Å². The fourth-order valence-electron chi connectivity index (χ4n) is 0.269. The van der Waals surface area contributed by atoms with E-state index in [9.17, 15) is 4.79 Å². The van der Waals surface area contributed by atoms with Crippen LogP contribution in [-0.2, 0) is 4.79 Å². The normalized spacial score (nSPS) is 9.75. The first-order chi connectivity index (χ1) is 5.63. The Bertz CT molecular complexity index is 160. The van der Waals surface area contributed by atoms with E-state index in [-0.39, 0.29) is 5.57 Å². The second kappa shape index (κ2) is 9.88. The fraction of sp³-hybridized carbons (Fsp3) is 0.556. The quantitative estimate of drug-likeness (QED) is 0.506. The summed E-state index contributed by atoms with van der Waals surface area (Å²) in [6, 6.07) is 0. The standard InChI is InChI=1S/C5H7NO2.C4H10/c1-2-4(3-6)5(7)8;1-3-4-2/h2-3,6H,1H3,(H,7,8);3-4H2,1-2H3/b4-2+,6-3?;. The van der Waals surface area contributed by atoms with Crippen LogP contribution >= 0.6 is 0 Å². The molecule has 0 fully saturated rings. The zero-order valence-corrected chi connectivity index (χ0v) is 7.92. The predicted octanol–water partition coefficient (Wildman–Crippen LogP) is 2.47. The van der Waals surface area contributed by atoms with Crippen LogP contribution in [0.25, 0.3) is 0 Å². The van der Waals surface area contributed by atoms with Gasteiger partial charge in [-0.1, -0.05) is 32.8 Å². The maximum absolute atomic E-state index is 9.94. The van der Waals surface area contributed by atoms with Crippen LogP contribution in [-0.4, -0.2) is 17.3 Å². The second-order valence-electron chi connectivity index (χ2n) is 2.19. The van der Waals surface area contributed by atoms with E-state index >= 15 is 0 Å². The number of carbonyl (C=O) groups is 1. The molecule has 0 radical (unpaired) electrons. The molecule has 0 rings (SSSR count). The van der Waals surface area contributed by atoms with E-state index in [4.69, 9.17) is 10.5 Å². The van der Waals surface area contributed by atoms with Gasteiger partial charge in [0.05, 0.1) is 5.57 Å². The van der Waals surface area contributed by atoms with E-state index in [2.05, 4.69) is 13.8 Å². The van der Waals surface area contributed by atoms with Gasteiger partial charge in [-0.25, -0.2) is 4.79 Å². The molecule has 12 heavy (non-hydrogen) atoms. The lowest BCUT2D eigenvalue weighted by Crippen LogP contribution is -1.99. The van der Waals surface area contributed by atoms with Crippen LogP contribution in [0.5, 0.6) is 0 Å².